The lowest BCUT2D eigenvalue weighted by Crippen LogP contribution is -2.53. The molecule has 3 N–H and O–H groups in total. The second-order valence-electron chi connectivity index (χ2n) is 9.94. The van der Waals surface area contributed by atoms with Gasteiger partial charge < -0.3 is 14.7 Å². The Morgan fingerprint density at radius 1 is 1.21 bits per heavy atom. The van der Waals surface area contributed by atoms with Crippen LogP contribution in [0, 0.1) is 11.7 Å². The van der Waals surface area contributed by atoms with E-state index in [0.29, 0.717) is 30.2 Å². The molecule has 1 aliphatic carbocycles. The van der Waals surface area contributed by atoms with E-state index in [4.69, 9.17) is 9.40 Å². The number of aromatic nitrogens is 7. The molecule has 0 radical (unpaired) electrons. The molecule has 3 unspecified atom stereocenters. The summed E-state index contributed by atoms with van der Waals surface area (Å²) in [5.74, 6) is 0.0752. The standard InChI is InChI=1S/C27H26FN9O2/c1-3-37-26(38)39-25(35-37)27(15-11-31-36(2)14-15)23-18(17-6-4-5-7-19(17)32-23)10-21(34-27)24-30-13-22(33-24)20-9-8-16(28)12-29-20/h4-9,11-14,17,19,21,32,34H,3,10H2,1-2H3,(H,30,33)/t17?,19?,21-,27?/m1/s1. The first-order valence-electron chi connectivity index (χ1n) is 12.8. The van der Waals surface area contributed by atoms with Crippen LogP contribution in [-0.2, 0) is 19.1 Å². The fourth-order valence-corrected chi connectivity index (χ4v) is 5.83. The predicted octanol–water partition coefficient (Wildman–Crippen LogP) is 2.46. The monoisotopic (exact) mass is 527 g/mol. The maximum atomic E-state index is 13.5. The number of halogens is 1. The Bertz CT molecular complexity index is 1710. The average Bonchev–Trinajstić information content (AvgIpc) is 3.74. The molecule has 0 amide bonds. The lowest BCUT2D eigenvalue weighted by molar-refractivity contribution is 0.276. The smallest absolute Gasteiger partial charge is 0.389 e. The average molecular weight is 528 g/mol. The number of rotatable bonds is 5. The molecule has 0 saturated carbocycles. The summed E-state index contributed by atoms with van der Waals surface area (Å²) in [4.78, 5) is 25.0. The zero-order chi connectivity index (χ0) is 26.7. The van der Waals surface area contributed by atoms with Crippen LogP contribution in [0.15, 0.2) is 81.7 Å². The van der Waals surface area contributed by atoms with E-state index in [1.165, 1.54) is 22.5 Å². The van der Waals surface area contributed by atoms with Gasteiger partial charge in [-0.15, -0.1) is 5.10 Å². The number of H-pyrrole nitrogens is 1. The number of hydrogen-bond donors (Lipinski definition) is 3. The molecule has 12 heteroatoms. The fourth-order valence-electron chi connectivity index (χ4n) is 5.83. The van der Waals surface area contributed by atoms with Gasteiger partial charge in [0, 0.05) is 43.2 Å². The van der Waals surface area contributed by atoms with E-state index in [1.807, 2.05) is 26.2 Å². The van der Waals surface area contributed by atoms with Gasteiger partial charge in [-0.25, -0.2) is 14.2 Å². The molecule has 4 atom stereocenters. The quantitative estimate of drug-likeness (QED) is 0.361. The van der Waals surface area contributed by atoms with Gasteiger partial charge in [-0.05, 0) is 31.1 Å². The Morgan fingerprint density at radius 2 is 2.08 bits per heavy atom. The summed E-state index contributed by atoms with van der Waals surface area (Å²) >= 11 is 0. The molecule has 4 aromatic rings. The van der Waals surface area contributed by atoms with E-state index in [1.54, 1.807) is 23.1 Å². The number of aryl methyl sites for hydroxylation is 2. The van der Waals surface area contributed by atoms with Crippen LogP contribution in [0.5, 0.6) is 0 Å². The summed E-state index contributed by atoms with van der Waals surface area (Å²) in [7, 11) is 1.84. The first kappa shape index (κ1) is 23.5. The van der Waals surface area contributed by atoms with Crippen LogP contribution in [0.4, 0.5) is 4.39 Å². The summed E-state index contributed by atoms with van der Waals surface area (Å²) in [6.07, 6.45) is 15.6. The van der Waals surface area contributed by atoms with Gasteiger partial charge in [0.2, 0.25) is 5.89 Å². The van der Waals surface area contributed by atoms with Gasteiger partial charge in [-0.2, -0.15) is 9.78 Å². The first-order chi connectivity index (χ1) is 19.0. The lowest BCUT2D eigenvalue weighted by Gasteiger charge is -2.40. The van der Waals surface area contributed by atoms with E-state index in [-0.39, 0.29) is 23.9 Å². The van der Waals surface area contributed by atoms with Crippen molar-refractivity contribution in [3.63, 3.8) is 0 Å². The number of nitrogens with one attached hydrogen (secondary N) is 3. The Morgan fingerprint density at radius 3 is 2.82 bits per heavy atom. The summed E-state index contributed by atoms with van der Waals surface area (Å²) in [5.41, 5.74) is 2.87. The molecule has 7 rings (SSSR count). The van der Waals surface area contributed by atoms with Gasteiger partial charge in [0.05, 0.1) is 30.2 Å². The molecule has 0 saturated heterocycles. The van der Waals surface area contributed by atoms with Crippen molar-refractivity contribution in [2.45, 2.75) is 37.5 Å². The number of aromatic amines is 1. The van der Waals surface area contributed by atoms with E-state index >= 15 is 0 Å². The molecule has 4 aromatic heterocycles. The van der Waals surface area contributed by atoms with Crippen LogP contribution < -0.4 is 16.4 Å². The molecular weight excluding hydrogens is 501 g/mol. The highest BCUT2D eigenvalue weighted by molar-refractivity contribution is 5.54. The molecule has 11 nitrogen and oxygen atoms in total. The van der Waals surface area contributed by atoms with Crippen molar-refractivity contribution in [2.75, 3.05) is 0 Å². The first-order valence-corrected chi connectivity index (χ1v) is 12.8. The van der Waals surface area contributed by atoms with E-state index < -0.39 is 17.1 Å². The molecule has 0 fully saturated rings. The third kappa shape index (κ3) is 3.62. The Hall–Kier alpha value is -4.58. The summed E-state index contributed by atoms with van der Waals surface area (Å²) in [6.45, 7) is 2.22. The molecule has 3 aliphatic rings. The van der Waals surface area contributed by atoms with Gasteiger partial charge in [-0.1, -0.05) is 24.3 Å². The number of hydrogen-bond acceptors (Lipinski definition) is 8. The van der Waals surface area contributed by atoms with Crippen LogP contribution in [-0.4, -0.2) is 40.6 Å². The molecule has 0 bridgehead atoms. The van der Waals surface area contributed by atoms with Crippen LogP contribution in [0.3, 0.4) is 0 Å². The van der Waals surface area contributed by atoms with Crippen molar-refractivity contribution in [1.29, 1.82) is 0 Å². The highest BCUT2D eigenvalue weighted by Crippen LogP contribution is 2.49. The van der Waals surface area contributed by atoms with E-state index in [9.17, 15) is 9.18 Å². The Labute approximate surface area is 222 Å². The Balaban J connectivity index is 1.41. The molecule has 39 heavy (non-hydrogen) atoms. The minimum atomic E-state index is -1.13. The number of imidazole rings is 1. The van der Waals surface area contributed by atoms with Crippen molar-refractivity contribution >= 4 is 0 Å². The molecule has 2 aliphatic heterocycles. The summed E-state index contributed by atoms with van der Waals surface area (Å²) < 4.78 is 22.3. The van der Waals surface area contributed by atoms with Crippen molar-refractivity contribution in [1.82, 2.24) is 45.1 Å². The van der Waals surface area contributed by atoms with Gasteiger partial charge in [0.1, 0.15) is 17.3 Å². The van der Waals surface area contributed by atoms with Crippen LogP contribution in [0.25, 0.3) is 11.4 Å². The zero-order valence-electron chi connectivity index (χ0n) is 21.3. The van der Waals surface area contributed by atoms with Crippen molar-refractivity contribution in [3.8, 4) is 11.4 Å². The van der Waals surface area contributed by atoms with Gasteiger partial charge in [0.25, 0.3) is 0 Å². The third-order valence-corrected chi connectivity index (χ3v) is 7.64. The lowest BCUT2D eigenvalue weighted by atomic mass is 9.77. The molecule has 0 spiro atoms. The minimum Gasteiger partial charge on any atom is -0.389 e. The number of pyridine rings is 1. The molecule has 198 valence electrons. The van der Waals surface area contributed by atoms with Crippen molar-refractivity contribution in [2.24, 2.45) is 13.0 Å². The van der Waals surface area contributed by atoms with Crippen molar-refractivity contribution < 1.29 is 8.81 Å². The minimum absolute atomic E-state index is 0.0483. The molecule has 6 heterocycles. The van der Waals surface area contributed by atoms with Gasteiger partial charge in [0.15, 0.2) is 5.54 Å². The summed E-state index contributed by atoms with van der Waals surface area (Å²) in [5, 5.41) is 16.5. The van der Waals surface area contributed by atoms with Crippen molar-refractivity contribution in [3.05, 3.63) is 106 Å². The number of allylic oxidation sites excluding steroid dienone is 2. The SMILES string of the molecule is CCn1nc(C2(c3cnn(C)c3)N[C@@H](c3nc(-c4ccc(F)cn4)c[nH]3)CC3=C2NC2C=CC=CC32)oc1=O. The maximum absolute atomic E-state index is 13.5. The zero-order valence-corrected chi connectivity index (χ0v) is 21.3. The fraction of sp³-hybridized carbons (Fsp3) is 0.296. The van der Waals surface area contributed by atoms with E-state index in [2.05, 4.69) is 49.0 Å². The summed E-state index contributed by atoms with van der Waals surface area (Å²) in [6, 6.07) is 2.70. The van der Waals surface area contributed by atoms with Crippen LogP contribution in [0.2, 0.25) is 0 Å². The maximum Gasteiger partial charge on any atom is 0.437 e. The Kier molecular flexibility index (Phi) is 5.27. The highest BCUT2D eigenvalue weighted by Gasteiger charge is 2.54. The largest absolute Gasteiger partial charge is 0.437 e. The van der Waals surface area contributed by atoms with E-state index in [0.717, 1.165) is 11.3 Å². The highest BCUT2D eigenvalue weighted by atomic mass is 19.1. The predicted molar refractivity (Wildman–Crippen MR) is 138 cm³/mol. The van der Waals surface area contributed by atoms with Crippen LogP contribution in [0.1, 0.15) is 36.7 Å². The van der Waals surface area contributed by atoms with Gasteiger partial charge >= 0.3 is 5.76 Å². The third-order valence-electron chi connectivity index (χ3n) is 7.64. The van der Waals surface area contributed by atoms with Gasteiger partial charge in [-0.3, -0.25) is 15.0 Å². The van der Waals surface area contributed by atoms with Crippen LogP contribution >= 0.6 is 0 Å². The topological polar surface area (TPSA) is 131 Å². The second kappa shape index (κ2) is 8.73. The number of nitrogens with zero attached hydrogens (tertiary/aromatic N) is 6. The second-order valence-corrected chi connectivity index (χ2v) is 9.94. The number of fused-ring (bicyclic) bond motifs is 2. The molecule has 0 aromatic carbocycles. The normalized spacial score (nSPS) is 25.6. The molecular formula is C27H26FN9O2.